The third-order valence-corrected chi connectivity index (χ3v) is 5.88. The second-order valence-corrected chi connectivity index (χ2v) is 8.59. The first-order chi connectivity index (χ1) is 17.2. The van der Waals surface area contributed by atoms with Crippen molar-refractivity contribution < 1.29 is 29.4 Å². The van der Waals surface area contributed by atoms with Crippen molar-refractivity contribution in [3.8, 4) is 0 Å². The van der Waals surface area contributed by atoms with E-state index in [4.69, 9.17) is 5.73 Å². The molecule has 1 heterocycles. The molecule has 196 valence electrons. The molecule has 2 aromatic rings. The Balaban J connectivity index is 2.26. The molecular weight excluding hydrogens is 468 g/mol. The fraction of sp³-hybridized carbons (Fsp3) is 0.458. The van der Waals surface area contributed by atoms with Crippen LogP contribution in [0.5, 0.6) is 0 Å². The highest BCUT2D eigenvalue weighted by Crippen LogP contribution is 2.09. The van der Waals surface area contributed by atoms with Crippen molar-refractivity contribution >= 4 is 23.7 Å². The van der Waals surface area contributed by atoms with E-state index in [9.17, 15) is 29.4 Å². The summed E-state index contributed by atoms with van der Waals surface area (Å²) in [6.45, 7) is 2.91. The van der Waals surface area contributed by atoms with E-state index in [0.29, 0.717) is 12.1 Å². The maximum atomic E-state index is 13.3. The highest BCUT2D eigenvalue weighted by Gasteiger charge is 2.31. The van der Waals surface area contributed by atoms with Gasteiger partial charge >= 0.3 is 5.97 Å². The second kappa shape index (κ2) is 14.0. The number of H-pyrrole nitrogens is 1. The number of carboxylic acids is 1. The van der Waals surface area contributed by atoms with Crippen molar-refractivity contribution in [1.29, 1.82) is 0 Å². The number of carbonyl (C=O) groups excluding carboxylic acids is 3. The van der Waals surface area contributed by atoms with E-state index in [-0.39, 0.29) is 18.8 Å². The highest BCUT2D eigenvalue weighted by atomic mass is 16.4. The first-order valence-corrected chi connectivity index (χ1v) is 11.7. The minimum Gasteiger partial charge on any atom is -0.480 e. The third kappa shape index (κ3) is 8.47. The summed E-state index contributed by atoms with van der Waals surface area (Å²) < 4.78 is 0. The van der Waals surface area contributed by atoms with Crippen molar-refractivity contribution in [3.05, 3.63) is 54.1 Å². The Morgan fingerprint density at radius 2 is 1.56 bits per heavy atom. The van der Waals surface area contributed by atoms with Crippen LogP contribution in [-0.2, 0) is 32.0 Å². The van der Waals surface area contributed by atoms with Crippen molar-refractivity contribution in [2.75, 3.05) is 6.61 Å². The molecule has 0 bridgehead atoms. The summed E-state index contributed by atoms with van der Waals surface area (Å²) in [5.74, 6) is -3.51. The fourth-order valence-electron chi connectivity index (χ4n) is 3.39. The number of aliphatic hydroxyl groups excluding tert-OH is 1. The number of nitrogens with two attached hydrogens (primary N) is 1. The maximum absolute atomic E-state index is 13.3. The zero-order valence-corrected chi connectivity index (χ0v) is 20.3. The molecule has 1 aromatic heterocycles. The zero-order chi connectivity index (χ0) is 26.7. The Kier molecular flexibility index (Phi) is 11.0. The van der Waals surface area contributed by atoms with Crippen molar-refractivity contribution in [1.82, 2.24) is 25.9 Å². The molecule has 0 fully saturated rings. The predicted molar refractivity (Wildman–Crippen MR) is 130 cm³/mol. The van der Waals surface area contributed by atoms with Crippen LogP contribution in [0.15, 0.2) is 42.9 Å². The van der Waals surface area contributed by atoms with Crippen LogP contribution in [0.3, 0.4) is 0 Å². The van der Waals surface area contributed by atoms with Gasteiger partial charge in [0, 0.05) is 24.7 Å². The minimum atomic E-state index is -1.55. The van der Waals surface area contributed by atoms with Crippen LogP contribution < -0.4 is 21.7 Å². The second-order valence-electron chi connectivity index (χ2n) is 8.59. The number of benzene rings is 1. The Labute approximate surface area is 209 Å². The number of nitrogens with one attached hydrogen (secondary N) is 4. The normalized spacial score (nSPS) is 15.1. The number of aliphatic hydroxyl groups is 1. The van der Waals surface area contributed by atoms with Crippen molar-refractivity contribution in [2.45, 2.75) is 57.3 Å². The van der Waals surface area contributed by atoms with Gasteiger partial charge in [0.25, 0.3) is 0 Å². The Hall–Kier alpha value is -3.77. The van der Waals surface area contributed by atoms with Crippen molar-refractivity contribution in [2.24, 2.45) is 11.7 Å². The van der Waals surface area contributed by atoms with Gasteiger partial charge in [-0.3, -0.25) is 14.4 Å². The van der Waals surface area contributed by atoms with Crippen LogP contribution in [0.25, 0.3) is 0 Å². The van der Waals surface area contributed by atoms with Crippen LogP contribution in [0.2, 0.25) is 0 Å². The molecule has 12 heteroatoms. The smallest absolute Gasteiger partial charge is 0.328 e. The van der Waals surface area contributed by atoms with Gasteiger partial charge in [0.15, 0.2) is 0 Å². The van der Waals surface area contributed by atoms with E-state index in [1.54, 1.807) is 24.3 Å². The van der Waals surface area contributed by atoms with Crippen molar-refractivity contribution in [3.63, 3.8) is 0 Å². The summed E-state index contributed by atoms with van der Waals surface area (Å²) in [6.07, 6.45) is 3.63. The zero-order valence-electron chi connectivity index (χ0n) is 20.3. The topological polar surface area (TPSA) is 200 Å². The SMILES string of the molecule is CCC(C)C(N)C(=O)NC(Cc1ccccc1)C(=O)NC(Cc1cnc[nH]1)C(=O)NC(CO)C(=O)O. The summed E-state index contributed by atoms with van der Waals surface area (Å²) in [7, 11) is 0. The molecule has 5 atom stereocenters. The predicted octanol–water partition coefficient (Wildman–Crippen LogP) is -0.900. The third-order valence-electron chi connectivity index (χ3n) is 5.88. The van der Waals surface area contributed by atoms with Crippen LogP contribution in [0.1, 0.15) is 31.5 Å². The van der Waals surface area contributed by atoms with Gasteiger partial charge in [-0.15, -0.1) is 0 Å². The minimum absolute atomic E-state index is 0.0340. The lowest BCUT2D eigenvalue weighted by atomic mass is 9.98. The molecular formula is C24H34N6O6. The molecule has 0 saturated heterocycles. The average Bonchev–Trinajstić information content (AvgIpc) is 3.38. The maximum Gasteiger partial charge on any atom is 0.328 e. The lowest BCUT2D eigenvalue weighted by Crippen LogP contribution is -2.59. The number of aromatic amines is 1. The molecule has 0 saturated carbocycles. The van der Waals surface area contributed by atoms with Gasteiger partial charge < -0.3 is 36.9 Å². The number of imidazole rings is 1. The Bertz CT molecular complexity index is 1000. The number of nitrogens with zero attached hydrogens (tertiary/aromatic N) is 1. The molecule has 5 unspecified atom stereocenters. The van der Waals surface area contributed by atoms with E-state index in [1.807, 2.05) is 19.9 Å². The van der Waals surface area contributed by atoms with Crippen LogP contribution >= 0.6 is 0 Å². The molecule has 0 aliphatic rings. The summed E-state index contributed by atoms with van der Waals surface area (Å²) >= 11 is 0. The van der Waals surface area contributed by atoms with Gasteiger partial charge in [-0.1, -0.05) is 50.6 Å². The monoisotopic (exact) mass is 502 g/mol. The first-order valence-electron chi connectivity index (χ1n) is 11.7. The number of hydrogen-bond acceptors (Lipinski definition) is 7. The van der Waals surface area contributed by atoms with Crippen LogP contribution in [0.4, 0.5) is 0 Å². The van der Waals surface area contributed by atoms with Gasteiger partial charge in [0.1, 0.15) is 18.1 Å². The molecule has 3 amide bonds. The molecule has 2 rings (SSSR count). The number of aromatic nitrogens is 2. The largest absolute Gasteiger partial charge is 0.480 e. The molecule has 0 aliphatic heterocycles. The fourth-order valence-corrected chi connectivity index (χ4v) is 3.39. The number of amides is 3. The first kappa shape index (κ1) is 28.5. The van der Waals surface area contributed by atoms with E-state index in [0.717, 1.165) is 5.56 Å². The Morgan fingerprint density at radius 3 is 2.08 bits per heavy atom. The van der Waals surface area contributed by atoms with Crippen LogP contribution in [0, 0.1) is 5.92 Å². The quantitative estimate of drug-likeness (QED) is 0.172. The van der Waals surface area contributed by atoms with Gasteiger partial charge in [0.2, 0.25) is 17.7 Å². The number of aliphatic carboxylic acids is 1. The molecule has 0 spiro atoms. The number of carboxylic acid groups (broad SMARTS) is 1. The summed E-state index contributed by atoms with van der Waals surface area (Å²) in [6, 6.07) is 4.37. The van der Waals surface area contributed by atoms with E-state index in [2.05, 4.69) is 25.9 Å². The summed E-state index contributed by atoms with van der Waals surface area (Å²) in [4.78, 5) is 57.0. The molecule has 1 aromatic carbocycles. The molecule has 0 aliphatic carbocycles. The Morgan fingerprint density at radius 1 is 0.972 bits per heavy atom. The number of carbonyl (C=O) groups is 4. The van der Waals surface area contributed by atoms with E-state index in [1.165, 1.54) is 12.5 Å². The lowest BCUT2D eigenvalue weighted by molar-refractivity contribution is -0.143. The lowest BCUT2D eigenvalue weighted by Gasteiger charge is -2.26. The molecule has 12 nitrogen and oxygen atoms in total. The molecule has 0 radical (unpaired) electrons. The summed E-state index contributed by atoms with van der Waals surface area (Å²) in [5, 5.41) is 26.0. The molecule has 8 N–H and O–H groups in total. The average molecular weight is 503 g/mol. The van der Waals surface area contributed by atoms with E-state index >= 15 is 0 Å². The van der Waals surface area contributed by atoms with Gasteiger partial charge in [-0.25, -0.2) is 9.78 Å². The van der Waals surface area contributed by atoms with Gasteiger partial charge in [-0.2, -0.15) is 0 Å². The van der Waals surface area contributed by atoms with Crippen LogP contribution in [-0.4, -0.2) is 74.6 Å². The molecule has 36 heavy (non-hydrogen) atoms. The summed E-state index contributed by atoms with van der Waals surface area (Å²) in [5.41, 5.74) is 7.34. The van der Waals surface area contributed by atoms with Gasteiger partial charge in [-0.05, 0) is 11.5 Å². The highest BCUT2D eigenvalue weighted by molar-refractivity contribution is 5.94. The van der Waals surface area contributed by atoms with E-state index < -0.39 is 54.5 Å². The van der Waals surface area contributed by atoms with Gasteiger partial charge in [0.05, 0.1) is 19.0 Å². The standard InChI is InChI=1S/C24H34N6O6/c1-3-14(2)20(25)23(34)29-17(9-15-7-5-4-6-8-15)21(32)28-18(10-16-11-26-13-27-16)22(33)30-19(12-31)24(35)36/h4-8,11,13-14,17-20,31H,3,9-10,12,25H2,1-2H3,(H,26,27)(H,28,32)(H,29,34)(H,30,33)(H,35,36). The number of hydrogen-bond donors (Lipinski definition) is 7. The number of rotatable bonds is 14.